The molecular weight excluding hydrogens is 737 g/mol. The van der Waals surface area contributed by atoms with Gasteiger partial charge in [-0.3, -0.25) is 0 Å². The van der Waals surface area contributed by atoms with E-state index < -0.39 is 0 Å². The van der Waals surface area contributed by atoms with Crippen LogP contribution in [0, 0.1) is 0 Å². The minimum absolute atomic E-state index is 0.0510. The topological polar surface area (TPSA) is 8.17 Å². The van der Waals surface area contributed by atoms with Gasteiger partial charge in [0.1, 0.15) is 0 Å². The molecule has 0 amide bonds. The van der Waals surface area contributed by atoms with Gasteiger partial charge < -0.3 is 9.47 Å². The molecule has 0 spiro atoms. The number of benzene rings is 10. The molecule has 0 bridgehead atoms. The predicted molar refractivity (Wildman–Crippen MR) is 259 cm³/mol. The van der Waals surface area contributed by atoms with Crippen molar-refractivity contribution in [3.8, 4) is 39.1 Å². The highest BCUT2D eigenvalue weighted by Gasteiger charge is 2.36. The maximum atomic E-state index is 2.46. The quantitative estimate of drug-likeness (QED) is 0.163. The van der Waals surface area contributed by atoms with Crippen LogP contribution < -0.4 is 4.90 Å². The number of fused-ring (bicyclic) bond motifs is 9. The number of hydrogen-bond donors (Lipinski definition) is 0. The minimum Gasteiger partial charge on any atom is -0.310 e. The third kappa shape index (κ3) is 5.56. The molecular formula is C59H42N2. The van der Waals surface area contributed by atoms with Crippen molar-refractivity contribution in [2.75, 3.05) is 4.90 Å². The first-order valence-corrected chi connectivity index (χ1v) is 21.3. The Morgan fingerprint density at radius 1 is 0.377 bits per heavy atom. The molecule has 2 nitrogen and oxygen atoms in total. The van der Waals surface area contributed by atoms with E-state index in [0.29, 0.717) is 0 Å². The lowest BCUT2D eigenvalue weighted by Gasteiger charge is -2.27. The fraction of sp³-hybridized carbons (Fsp3) is 0.0508. The Morgan fingerprint density at radius 3 is 1.75 bits per heavy atom. The zero-order valence-electron chi connectivity index (χ0n) is 34.2. The Labute approximate surface area is 356 Å². The van der Waals surface area contributed by atoms with Crippen LogP contribution in [0.5, 0.6) is 0 Å². The molecule has 0 saturated heterocycles. The molecule has 288 valence electrons. The van der Waals surface area contributed by atoms with Crippen LogP contribution in [0.3, 0.4) is 0 Å². The molecule has 0 saturated carbocycles. The van der Waals surface area contributed by atoms with Gasteiger partial charge in [0.15, 0.2) is 0 Å². The minimum atomic E-state index is -0.0510. The van der Waals surface area contributed by atoms with Gasteiger partial charge in [-0.2, -0.15) is 0 Å². The van der Waals surface area contributed by atoms with E-state index in [0.717, 1.165) is 22.7 Å². The second kappa shape index (κ2) is 13.7. The van der Waals surface area contributed by atoms with Crippen LogP contribution in [0.15, 0.2) is 218 Å². The molecule has 1 aliphatic rings. The summed E-state index contributed by atoms with van der Waals surface area (Å²) in [5.41, 5.74) is 17.2. The average molecular weight is 779 g/mol. The Balaban J connectivity index is 0.998. The van der Waals surface area contributed by atoms with Crippen LogP contribution in [0.1, 0.15) is 25.0 Å². The van der Waals surface area contributed by atoms with Gasteiger partial charge in [0.2, 0.25) is 0 Å². The lowest BCUT2D eigenvalue weighted by molar-refractivity contribution is 0.661. The van der Waals surface area contributed by atoms with Crippen LogP contribution >= 0.6 is 0 Å². The van der Waals surface area contributed by atoms with Crippen molar-refractivity contribution >= 4 is 60.4 Å². The van der Waals surface area contributed by atoms with E-state index in [1.54, 1.807) is 0 Å². The van der Waals surface area contributed by atoms with E-state index in [1.807, 2.05) is 0 Å². The number of anilines is 3. The number of para-hydroxylation sites is 1. The van der Waals surface area contributed by atoms with Crippen molar-refractivity contribution in [2.45, 2.75) is 19.3 Å². The van der Waals surface area contributed by atoms with E-state index in [4.69, 9.17) is 0 Å². The average Bonchev–Trinajstić information content (AvgIpc) is 3.76. The number of nitrogens with zero attached hydrogens (tertiary/aromatic N) is 2. The standard InChI is InChI=1S/C59H42N2/c1-59(2)53-22-12-11-21-49(53)58-50-38-57-52(37-44(50)28-34-54(58)59)51-36-43(29-35-56(51)61(57)45-18-7-4-8-19-45)41-26-32-47(33-27-41)60(55-23-13-17-42-16-9-10-20-48(42)55)46-30-24-40(25-31-46)39-14-5-3-6-15-39/h3-38H,1-2H3. The summed E-state index contributed by atoms with van der Waals surface area (Å²) in [5.74, 6) is 0. The molecule has 10 aromatic carbocycles. The fourth-order valence-corrected chi connectivity index (χ4v) is 10.1. The van der Waals surface area contributed by atoms with E-state index in [2.05, 4.69) is 242 Å². The summed E-state index contributed by atoms with van der Waals surface area (Å²) in [6.45, 7) is 4.73. The highest BCUT2D eigenvalue weighted by Crippen LogP contribution is 2.52. The highest BCUT2D eigenvalue weighted by molar-refractivity contribution is 6.17. The summed E-state index contributed by atoms with van der Waals surface area (Å²) in [6, 6.07) is 80.3. The molecule has 0 atom stereocenters. The Hall–Kier alpha value is -7.68. The Morgan fingerprint density at radius 2 is 0.984 bits per heavy atom. The molecule has 1 heterocycles. The maximum Gasteiger partial charge on any atom is 0.0547 e. The molecule has 0 N–H and O–H groups in total. The molecule has 0 aliphatic heterocycles. The molecule has 1 aromatic heterocycles. The molecule has 1 aliphatic carbocycles. The Bertz CT molecular complexity index is 3460. The highest BCUT2D eigenvalue weighted by atomic mass is 15.1. The van der Waals surface area contributed by atoms with Crippen molar-refractivity contribution in [3.63, 3.8) is 0 Å². The van der Waals surface area contributed by atoms with E-state index in [9.17, 15) is 0 Å². The first-order chi connectivity index (χ1) is 30.0. The van der Waals surface area contributed by atoms with Crippen molar-refractivity contribution in [3.05, 3.63) is 230 Å². The van der Waals surface area contributed by atoms with Gasteiger partial charge in [-0.15, -0.1) is 0 Å². The summed E-state index contributed by atoms with van der Waals surface area (Å²) >= 11 is 0. The fourth-order valence-electron chi connectivity index (χ4n) is 10.1. The molecule has 11 aromatic rings. The molecule has 61 heavy (non-hydrogen) atoms. The van der Waals surface area contributed by atoms with Crippen LogP contribution in [-0.4, -0.2) is 4.57 Å². The number of rotatable bonds is 6. The molecule has 0 radical (unpaired) electrons. The lowest BCUT2D eigenvalue weighted by atomic mass is 9.82. The third-order valence-corrected chi connectivity index (χ3v) is 13.2. The summed E-state index contributed by atoms with van der Waals surface area (Å²) in [5, 5.41) is 7.52. The predicted octanol–water partition coefficient (Wildman–Crippen LogP) is 16.2. The van der Waals surface area contributed by atoms with E-state index in [-0.39, 0.29) is 5.41 Å². The smallest absolute Gasteiger partial charge is 0.0547 e. The van der Waals surface area contributed by atoms with Crippen LogP contribution in [-0.2, 0) is 5.41 Å². The van der Waals surface area contributed by atoms with E-state index >= 15 is 0 Å². The van der Waals surface area contributed by atoms with Crippen LogP contribution in [0.25, 0.3) is 82.4 Å². The zero-order chi connectivity index (χ0) is 40.7. The SMILES string of the molecule is CC1(C)c2ccccc2-c2c1ccc1cc3c4cc(-c5ccc(N(c6ccc(-c7ccccc7)cc6)c6cccc7ccccc67)cc5)ccc4n(-c4ccccc4)c3cc21. The lowest BCUT2D eigenvalue weighted by Crippen LogP contribution is -2.14. The van der Waals surface area contributed by atoms with Gasteiger partial charge in [0, 0.05) is 38.6 Å². The maximum absolute atomic E-state index is 2.46. The molecule has 12 rings (SSSR count). The largest absolute Gasteiger partial charge is 0.310 e. The van der Waals surface area contributed by atoms with Crippen LogP contribution in [0.4, 0.5) is 17.1 Å². The summed E-state index contributed by atoms with van der Waals surface area (Å²) < 4.78 is 2.45. The van der Waals surface area contributed by atoms with Gasteiger partial charge >= 0.3 is 0 Å². The van der Waals surface area contributed by atoms with Gasteiger partial charge in [-0.1, -0.05) is 166 Å². The number of hydrogen-bond acceptors (Lipinski definition) is 1. The summed E-state index contributed by atoms with van der Waals surface area (Å²) in [6.07, 6.45) is 0. The normalized spacial score (nSPS) is 12.9. The monoisotopic (exact) mass is 778 g/mol. The van der Waals surface area contributed by atoms with Gasteiger partial charge in [-0.05, 0) is 127 Å². The third-order valence-electron chi connectivity index (χ3n) is 13.2. The second-order valence-corrected chi connectivity index (χ2v) is 16.9. The molecule has 2 heteroatoms. The van der Waals surface area contributed by atoms with Crippen molar-refractivity contribution in [1.29, 1.82) is 0 Å². The summed E-state index contributed by atoms with van der Waals surface area (Å²) in [4.78, 5) is 2.39. The Kier molecular flexibility index (Phi) is 7.92. The zero-order valence-corrected chi connectivity index (χ0v) is 34.2. The van der Waals surface area contributed by atoms with Crippen LogP contribution in [0.2, 0.25) is 0 Å². The van der Waals surface area contributed by atoms with Crippen molar-refractivity contribution in [2.24, 2.45) is 0 Å². The van der Waals surface area contributed by atoms with Gasteiger partial charge in [0.25, 0.3) is 0 Å². The van der Waals surface area contributed by atoms with Crippen molar-refractivity contribution in [1.82, 2.24) is 4.57 Å². The van der Waals surface area contributed by atoms with Gasteiger partial charge in [-0.25, -0.2) is 0 Å². The summed E-state index contributed by atoms with van der Waals surface area (Å²) in [7, 11) is 0. The van der Waals surface area contributed by atoms with E-state index in [1.165, 1.54) is 87.9 Å². The number of aromatic nitrogens is 1. The first-order valence-electron chi connectivity index (χ1n) is 21.3. The van der Waals surface area contributed by atoms with Crippen molar-refractivity contribution < 1.29 is 0 Å². The van der Waals surface area contributed by atoms with Gasteiger partial charge in [0.05, 0.1) is 16.7 Å². The first kappa shape index (κ1) is 35.3. The molecule has 0 unspecified atom stereocenters. The molecule has 0 fully saturated rings. The second-order valence-electron chi connectivity index (χ2n) is 16.9.